The number of esters is 1. The van der Waals surface area contributed by atoms with Gasteiger partial charge in [-0.05, 0) is 13.0 Å². The lowest BCUT2D eigenvalue weighted by Gasteiger charge is -2.13. The Balaban J connectivity index is 0.00000196. The van der Waals surface area contributed by atoms with Crippen LogP contribution in [-0.2, 0) is 9.53 Å². The van der Waals surface area contributed by atoms with Crippen LogP contribution in [-0.4, -0.2) is 18.7 Å². The fourth-order valence-corrected chi connectivity index (χ4v) is 1.00. The van der Waals surface area contributed by atoms with Crippen LogP contribution in [0.15, 0.2) is 23.0 Å². The number of carbonyl (C=O) groups is 1. The third-order valence-corrected chi connectivity index (χ3v) is 1.76. The molecule has 0 amide bonds. The zero-order chi connectivity index (χ0) is 10.6. The van der Waals surface area contributed by atoms with Crippen molar-refractivity contribution >= 4 is 18.4 Å². The summed E-state index contributed by atoms with van der Waals surface area (Å²) < 4.78 is 22.5. The van der Waals surface area contributed by atoms with Crippen LogP contribution in [0.25, 0.3) is 0 Å². The fourth-order valence-electron chi connectivity index (χ4n) is 1.00. The van der Waals surface area contributed by atoms with Crippen LogP contribution in [0, 0.1) is 0 Å². The molecule has 0 fully saturated rings. The van der Waals surface area contributed by atoms with Gasteiger partial charge in [0, 0.05) is 5.56 Å². The summed E-state index contributed by atoms with van der Waals surface area (Å²) in [5.41, 5.74) is 5.91. The van der Waals surface area contributed by atoms with Gasteiger partial charge < -0.3 is 14.9 Å². The SMILES string of the molecule is CCOC(=O)C(F)[C@@H](N)c1ccoc1.Cl. The summed E-state index contributed by atoms with van der Waals surface area (Å²) in [6.45, 7) is 1.74. The Morgan fingerprint density at radius 1 is 1.73 bits per heavy atom. The molecule has 0 radical (unpaired) electrons. The van der Waals surface area contributed by atoms with Crippen molar-refractivity contribution in [3.8, 4) is 0 Å². The van der Waals surface area contributed by atoms with Crippen molar-refractivity contribution in [1.82, 2.24) is 0 Å². The van der Waals surface area contributed by atoms with E-state index in [2.05, 4.69) is 4.74 Å². The van der Waals surface area contributed by atoms with E-state index >= 15 is 0 Å². The smallest absolute Gasteiger partial charge is 0.342 e. The molecule has 2 atom stereocenters. The Bertz CT molecular complexity index is 292. The maximum atomic E-state index is 13.3. The number of alkyl halides is 1. The van der Waals surface area contributed by atoms with Crippen molar-refractivity contribution in [2.45, 2.75) is 19.1 Å². The van der Waals surface area contributed by atoms with Gasteiger partial charge in [-0.1, -0.05) is 0 Å². The number of ether oxygens (including phenoxy) is 1. The van der Waals surface area contributed by atoms with Crippen LogP contribution in [0.3, 0.4) is 0 Å². The lowest BCUT2D eigenvalue weighted by atomic mass is 10.1. The molecule has 1 aromatic rings. The van der Waals surface area contributed by atoms with Gasteiger partial charge in [0.25, 0.3) is 0 Å². The van der Waals surface area contributed by atoms with E-state index in [1.54, 1.807) is 6.92 Å². The molecule has 0 aliphatic rings. The lowest BCUT2D eigenvalue weighted by molar-refractivity contribution is -0.149. The summed E-state index contributed by atoms with van der Waals surface area (Å²) in [6.07, 6.45) is 0.816. The largest absolute Gasteiger partial charge is 0.472 e. The van der Waals surface area contributed by atoms with E-state index in [-0.39, 0.29) is 19.0 Å². The minimum Gasteiger partial charge on any atom is -0.472 e. The van der Waals surface area contributed by atoms with Gasteiger partial charge in [-0.25, -0.2) is 9.18 Å². The molecule has 1 aromatic heterocycles. The van der Waals surface area contributed by atoms with E-state index in [9.17, 15) is 9.18 Å². The Morgan fingerprint density at radius 2 is 2.40 bits per heavy atom. The van der Waals surface area contributed by atoms with Crippen molar-refractivity contribution in [1.29, 1.82) is 0 Å². The molecule has 4 nitrogen and oxygen atoms in total. The first kappa shape index (κ1) is 13.9. The topological polar surface area (TPSA) is 65.5 Å². The molecule has 1 rings (SSSR count). The predicted octanol–water partition coefficient (Wildman–Crippen LogP) is 1.60. The monoisotopic (exact) mass is 237 g/mol. The number of furan rings is 1. The number of hydrogen-bond acceptors (Lipinski definition) is 4. The molecule has 0 saturated carbocycles. The lowest BCUT2D eigenvalue weighted by Crippen LogP contribution is -2.31. The van der Waals surface area contributed by atoms with Gasteiger partial charge >= 0.3 is 5.97 Å². The summed E-state index contributed by atoms with van der Waals surface area (Å²) in [5, 5.41) is 0. The molecule has 86 valence electrons. The van der Waals surface area contributed by atoms with Crippen molar-refractivity contribution in [2.24, 2.45) is 5.73 Å². The minimum absolute atomic E-state index is 0. The first-order valence-corrected chi connectivity index (χ1v) is 4.25. The van der Waals surface area contributed by atoms with Crippen molar-refractivity contribution in [2.75, 3.05) is 6.61 Å². The first-order valence-electron chi connectivity index (χ1n) is 4.25. The maximum Gasteiger partial charge on any atom is 0.342 e. The molecular formula is C9H13ClFNO3. The van der Waals surface area contributed by atoms with Crippen molar-refractivity contribution < 1.29 is 18.3 Å². The molecule has 15 heavy (non-hydrogen) atoms. The average Bonchev–Trinajstić information content (AvgIpc) is 2.68. The van der Waals surface area contributed by atoms with Crippen LogP contribution < -0.4 is 5.73 Å². The van der Waals surface area contributed by atoms with E-state index in [4.69, 9.17) is 10.2 Å². The zero-order valence-electron chi connectivity index (χ0n) is 8.18. The molecular weight excluding hydrogens is 225 g/mol. The Hall–Kier alpha value is -1.07. The van der Waals surface area contributed by atoms with Crippen LogP contribution in [0.1, 0.15) is 18.5 Å². The Morgan fingerprint density at radius 3 is 2.87 bits per heavy atom. The van der Waals surface area contributed by atoms with Gasteiger partial charge in [0.1, 0.15) is 0 Å². The quantitative estimate of drug-likeness (QED) is 0.808. The normalized spacial score (nSPS) is 13.8. The van der Waals surface area contributed by atoms with Crippen LogP contribution >= 0.6 is 12.4 Å². The summed E-state index contributed by atoms with van der Waals surface area (Å²) in [4.78, 5) is 11.0. The van der Waals surface area contributed by atoms with Gasteiger partial charge in [-0.2, -0.15) is 0 Å². The van der Waals surface area contributed by atoms with Crippen molar-refractivity contribution in [3.63, 3.8) is 0 Å². The van der Waals surface area contributed by atoms with E-state index in [0.717, 1.165) is 0 Å². The van der Waals surface area contributed by atoms with E-state index in [0.29, 0.717) is 5.56 Å². The summed E-state index contributed by atoms with van der Waals surface area (Å²) >= 11 is 0. The molecule has 0 aliphatic carbocycles. The van der Waals surface area contributed by atoms with E-state index < -0.39 is 18.2 Å². The third-order valence-electron chi connectivity index (χ3n) is 1.76. The van der Waals surface area contributed by atoms with E-state index in [1.165, 1.54) is 18.6 Å². The highest BCUT2D eigenvalue weighted by Crippen LogP contribution is 2.18. The molecule has 6 heteroatoms. The second kappa shape index (κ2) is 6.42. The van der Waals surface area contributed by atoms with Crippen molar-refractivity contribution in [3.05, 3.63) is 24.2 Å². The molecule has 0 aromatic carbocycles. The van der Waals surface area contributed by atoms with Crippen LogP contribution in [0.2, 0.25) is 0 Å². The molecule has 1 unspecified atom stereocenters. The van der Waals surface area contributed by atoms with Gasteiger partial charge in [-0.3, -0.25) is 0 Å². The number of nitrogens with two attached hydrogens (primary N) is 1. The second-order valence-corrected chi connectivity index (χ2v) is 2.74. The standard InChI is InChI=1S/C9H12FNO3.ClH/c1-2-14-9(12)7(10)8(11)6-3-4-13-5-6;/h3-5,7-8H,2,11H2,1H3;1H/t7?,8-;/m0./s1. The molecule has 2 N–H and O–H groups in total. The average molecular weight is 238 g/mol. The number of hydrogen-bond donors (Lipinski definition) is 1. The van der Waals surface area contributed by atoms with Gasteiger partial charge in [-0.15, -0.1) is 12.4 Å². The second-order valence-electron chi connectivity index (χ2n) is 2.74. The van der Waals surface area contributed by atoms with Gasteiger partial charge in [0.15, 0.2) is 0 Å². The molecule has 0 saturated heterocycles. The number of halogens is 2. The highest BCUT2D eigenvalue weighted by Gasteiger charge is 2.28. The maximum absolute atomic E-state index is 13.3. The first-order chi connectivity index (χ1) is 6.66. The third kappa shape index (κ3) is 3.53. The van der Waals surface area contributed by atoms with Gasteiger partial charge in [0.05, 0.1) is 25.2 Å². The predicted molar refractivity (Wildman–Crippen MR) is 54.4 cm³/mol. The summed E-state index contributed by atoms with van der Waals surface area (Å²) in [5.74, 6) is -0.943. The minimum atomic E-state index is -1.85. The van der Waals surface area contributed by atoms with Crippen LogP contribution in [0.4, 0.5) is 4.39 Å². The highest BCUT2D eigenvalue weighted by molar-refractivity contribution is 5.85. The number of carbonyl (C=O) groups excluding carboxylic acids is 1. The van der Waals surface area contributed by atoms with Gasteiger partial charge in [0.2, 0.25) is 6.17 Å². The zero-order valence-corrected chi connectivity index (χ0v) is 9.00. The number of rotatable bonds is 4. The molecule has 0 spiro atoms. The van der Waals surface area contributed by atoms with E-state index in [1.807, 2.05) is 0 Å². The summed E-state index contributed by atoms with van der Waals surface area (Å²) in [7, 11) is 0. The Labute approximate surface area is 93.0 Å². The molecule has 1 heterocycles. The fraction of sp³-hybridized carbons (Fsp3) is 0.444. The highest BCUT2D eigenvalue weighted by atomic mass is 35.5. The molecule has 0 bridgehead atoms. The molecule has 0 aliphatic heterocycles. The van der Waals surface area contributed by atoms with Crippen LogP contribution in [0.5, 0.6) is 0 Å². The summed E-state index contributed by atoms with van der Waals surface area (Å²) in [6, 6.07) is 0.476. The Kier molecular flexibility index (Phi) is 5.96.